The van der Waals surface area contributed by atoms with Gasteiger partial charge in [-0.15, -0.1) is 11.3 Å². The SMILES string of the molecule is COC(=O)c1sccc1CN(C)c1c(F)cc(-c2cccc3nn(C)cc23)cc1F. The molecule has 2 aromatic carbocycles. The van der Waals surface area contributed by atoms with E-state index < -0.39 is 17.6 Å². The molecule has 5 nitrogen and oxygen atoms in total. The normalized spacial score (nSPS) is 11.1. The Hall–Kier alpha value is -3.26. The molecule has 0 saturated heterocycles. The second-order valence-corrected chi connectivity index (χ2v) is 7.87. The first-order chi connectivity index (χ1) is 14.4. The van der Waals surface area contributed by atoms with Gasteiger partial charge in [0.15, 0.2) is 0 Å². The average Bonchev–Trinajstić information content (AvgIpc) is 3.31. The minimum Gasteiger partial charge on any atom is -0.465 e. The fourth-order valence-electron chi connectivity index (χ4n) is 3.57. The van der Waals surface area contributed by atoms with Crippen molar-refractivity contribution >= 4 is 33.9 Å². The van der Waals surface area contributed by atoms with Crippen LogP contribution in [-0.2, 0) is 18.3 Å². The Bertz CT molecular complexity index is 1230. The maximum absolute atomic E-state index is 15.0. The molecule has 0 saturated carbocycles. The number of thiophene rings is 1. The van der Waals surface area contributed by atoms with Crippen LogP contribution in [0.3, 0.4) is 0 Å². The van der Waals surface area contributed by atoms with Gasteiger partial charge in [0.1, 0.15) is 22.2 Å². The molecule has 0 radical (unpaired) electrons. The number of halogens is 2. The molecule has 4 rings (SSSR count). The number of ether oxygens (including phenoxy) is 1. The van der Waals surface area contributed by atoms with Gasteiger partial charge in [0.25, 0.3) is 0 Å². The number of rotatable bonds is 5. The summed E-state index contributed by atoms with van der Waals surface area (Å²) in [5.74, 6) is -1.82. The fraction of sp³-hybridized carbons (Fsp3) is 0.182. The lowest BCUT2D eigenvalue weighted by Crippen LogP contribution is -2.20. The highest BCUT2D eigenvalue weighted by molar-refractivity contribution is 7.12. The number of hydrogen-bond acceptors (Lipinski definition) is 5. The summed E-state index contributed by atoms with van der Waals surface area (Å²) in [5.41, 5.74) is 2.39. The Kier molecular flexibility index (Phi) is 5.26. The lowest BCUT2D eigenvalue weighted by molar-refractivity contribution is 0.0605. The Morgan fingerprint density at radius 1 is 1.23 bits per heavy atom. The highest BCUT2D eigenvalue weighted by Gasteiger charge is 2.20. The van der Waals surface area contributed by atoms with E-state index in [-0.39, 0.29) is 12.2 Å². The summed E-state index contributed by atoms with van der Waals surface area (Å²) in [4.78, 5) is 13.7. The first kappa shape index (κ1) is 20.0. The molecule has 0 bridgehead atoms. The van der Waals surface area contributed by atoms with Gasteiger partial charge >= 0.3 is 5.97 Å². The van der Waals surface area contributed by atoms with E-state index in [0.29, 0.717) is 21.6 Å². The van der Waals surface area contributed by atoms with E-state index in [0.717, 1.165) is 10.9 Å². The monoisotopic (exact) mass is 427 g/mol. The summed E-state index contributed by atoms with van der Waals surface area (Å²) >= 11 is 1.23. The first-order valence-electron chi connectivity index (χ1n) is 9.16. The molecule has 0 amide bonds. The minimum absolute atomic E-state index is 0.154. The topological polar surface area (TPSA) is 47.4 Å². The number of benzene rings is 2. The lowest BCUT2D eigenvalue weighted by Gasteiger charge is -2.21. The molecular weight excluding hydrogens is 408 g/mol. The smallest absolute Gasteiger partial charge is 0.348 e. The van der Waals surface area contributed by atoms with E-state index in [4.69, 9.17) is 4.74 Å². The van der Waals surface area contributed by atoms with E-state index >= 15 is 8.78 Å². The zero-order valence-electron chi connectivity index (χ0n) is 16.6. The van der Waals surface area contributed by atoms with Gasteiger partial charge < -0.3 is 9.64 Å². The van der Waals surface area contributed by atoms with E-state index in [1.54, 1.807) is 30.2 Å². The molecule has 8 heteroatoms. The van der Waals surface area contributed by atoms with Gasteiger partial charge in [-0.25, -0.2) is 13.6 Å². The summed E-state index contributed by atoms with van der Waals surface area (Å²) in [6.07, 6.45) is 1.82. The number of carbonyl (C=O) groups is 1. The van der Waals surface area contributed by atoms with Crippen LogP contribution in [0.5, 0.6) is 0 Å². The van der Waals surface area contributed by atoms with E-state index in [9.17, 15) is 4.79 Å². The molecule has 0 atom stereocenters. The van der Waals surface area contributed by atoms with Gasteiger partial charge in [-0.1, -0.05) is 12.1 Å². The molecule has 0 aliphatic heterocycles. The van der Waals surface area contributed by atoms with Crippen LogP contribution in [0, 0.1) is 11.6 Å². The van der Waals surface area contributed by atoms with Crippen LogP contribution < -0.4 is 4.90 Å². The van der Waals surface area contributed by atoms with Crippen molar-refractivity contribution in [2.24, 2.45) is 7.05 Å². The van der Waals surface area contributed by atoms with Crippen LogP contribution in [0.2, 0.25) is 0 Å². The molecule has 0 aliphatic carbocycles. The largest absolute Gasteiger partial charge is 0.465 e. The summed E-state index contributed by atoms with van der Waals surface area (Å²) in [5, 5.41) is 6.92. The van der Waals surface area contributed by atoms with E-state index in [1.165, 1.54) is 35.5 Å². The predicted octanol–water partition coefficient (Wildman–Crippen LogP) is 5.00. The maximum atomic E-state index is 15.0. The van der Waals surface area contributed by atoms with Crippen LogP contribution in [-0.4, -0.2) is 29.9 Å². The van der Waals surface area contributed by atoms with Crippen molar-refractivity contribution in [1.29, 1.82) is 0 Å². The van der Waals surface area contributed by atoms with Gasteiger partial charge in [0.2, 0.25) is 0 Å². The minimum atomic E-state index is -0.678. The molecule has 154 valence electrons. The summed E-state index contributed by atoms with van der Waals surface area (Å²) in [6.45, 7) is 0.166. The molecule has 0 N–H and O–H groups in total. The van der Waals surface area contributed by atoms with Crippen LogP contribution >= 0.6 is 11.3 Å². The van der Waals surface area contributed by atoms with Crippen LogP contribution in [0.15, 0.2) is 48.0 Å². The number of fused-ring (bicyclic) bond motifs is 1. The van der Waals surface area contributed by atoms with Crippen molar-refractivity contribution in [2.45, 2.75) is 6.54 Å². The predicted molar refractivity (Wildman–Crippen MR) is 114 cm³/mol. The number of anilines is 1. The third-order valence-electron chi connectivity index (χ3n) is 4.90. The molecule has 30 heavy (non-hydrogen) atoms. The van der Waals surface area contributed by atoms with Crippen LogP contribution in [0.25, 0.3) is 22.0 Å². The van der Waals surface area contributed by atoms with Crippen molar-refractivity contribution in [3.8, 4) is 11.1 Å². The van der Waals surface area contributed by atoms with Gasteiger partial charge in [-0.3, -0.25) is 4.68 Å². The summed E-state index contributed by atoms with van der Waals surface area (Å²) in [7, 11) is 4.69. The molecule has 0 fully saturated rings. The molecule has 2 aromatic heterocycles. The van der Waals surface area contributed by atoms with E-state index in [2.05, 4.69) is 5.10 Å². The molecule has 4 aromatic rings. The Labute approximate surface area is 176 Å². The fourth-order valence-corrected chi connectivity index (χ4v) is 4.40. The van der Waals surface area contributed by atoms with Crippen LogP contribution in [0.1, 0.15) is 15.2 Å². The number of aryl methyl sites for hydroxylation is 1. The van der Waals surface area contributed by atoms with Crippen LogP contribution in [0.4, 0.5) is 14.5 Å². The number of aromatic nitrogens is 2. The number of esters is 1. The van der Waals surface area contributed by atoms with Gasteiger partial charge in [-0.2, -0.15) is 5.10 Å². The Balaban J connectivity index is 1.69. The number of hydrogen-bond donors (Lipinski definition) is 0. The Morgan fingerprint density at radius 2 is 1.97 bits per heavy atom. The zero-order valence-corrected chi connectivity index (χ0v) is 17.5. The third kappa shape index (κ3) is 3.54. The highest BCUT2D eigenvalue weighted by Crippen LogP contribution is 2.34. The van der Waals surface area contributed by atoms with Gasteiger partial charge in [-0.05, 0) is 46.3 Å². The second-order valence-electron chi connectivity index (χ2n) is 6.95. The highest BCUT2D eigenvalue weighted by atomic mass is 32.1. The lowest BCUT2D eigenvalue weighted by atomic mass is 10.0. The Morgan fingerprint density at radius 3 is 2.67 bits per heavy atom. The zero-order chi connectivity index (χ0) is 21.4. The van der Waals surface area contributed by atoms with Crippen molar-refractivity contribution in [1.82, 2.24) is 9.78 Å². The van der Waals surface area contributed by atoms with Gasteiger partial charge in [0.05, 0.1) is 12.6 Å². The average molecular weight is 427 g/mol. The standard InChI is InChI=1S/C22H19F2N3O2S/c1-26(11-13-7-8-30-21(13)22(28)29-3)20-17(23)9-14(10-18(20)24)15-5-4-6-19-16(15)12-27(2)25-19/h4-10,12H,11H2,1-3H3. The third-order valence-corrected chi connectivity index (χ3v) is 5.84. The van der Waals surface area contributed by atoms with E-state index in [1.807, 2.05) is 24.4 Å². The maximum Gasteiger partial charge on any atom is 0.348 e. The molecule has 0 aliphatic rings. The number of nitrogens with zero attached hydrogens (tertiary/aromatic N) is 3. The first-order valence-corrected chi connectivity index (χ1v) is 10.0. The number of methoxy groups -OCH3 is 1. The van der Waals surface area contributed by atoms with Gasteiger partial charge in [0, 0.05) is 32.2 Å². The molecule has 0 unspecified atom stereocenters. The van der Waals surface area contributed by atoms with Crippen molar-refractivity contribution in [3.05, 3.63) is 70.1 Å². The molecule has 0 spiro atoms. The summed E-state index contributed by atoms with van der Waals surface area (Å²) in [6, 6.07) is 9.88. The van der Waals surface area contributed by atoms with Crippen molar-refractivity contribution < 1.29 is 18.3 Å². The summed E-state index contributed by atoms with van der Waals surface area (Å²) < 4.78 is 36.5. The number of carbonyl (C=O) groups excluding carboxylic acids is 1. The second kappa shape index (κ2) is 7.87. The molecule has 2 heterocycles. The molecular formula is C22H19F2N3O2S. The quantitative estimate of drug-likeness (QED) is 0.421. The van der Waals surface area contributed by atoms with Crippen molar-refractivity contribution in [2.75, 3.05) is 19.1 Å². The van der Waals surface area contributed by atoms with Crippen molar-refractivity contribution in [3.63, 3.8) is 0 Å².